The Balaban J connectivity index is 1.38. The number of ether oxygens (including phenoxy) is 1. The Kier molecular flexibility index (Phi) is 4.84. The van der Waals surface area contributed by atoms with Crippen molar-refractivity contribution in [3.05, 3.63) is 60.2 Å². The molecule has 1 aromatic heterocycles. The van der Waals surface area contributed by atoms with Crippen LogP contribution in [0, 0.1) is 0 Å². The number of benzene rings is 2. The summed E-state index contributed by atoms with van der Waals surface area (Å²) in [6, 6.07) is 18.8. The van der Waals surface area contributed by atoms with Crippen LogP contribution in [0.4, 0.5) is 6.01 Å². The maximum Gasteiger partial charge on any atom is 0.324 e. The van der Waals surface area contributed by atoms with E-state index in [4.69, 9.17) is 9.26 Å². The maximum absolute atomic E-state index is 5.49. The minimum absolute atomic E-state index is 0.585. The van der Waals surface area contributed by atoms with Gasteiger partial charge >= 0.3 is 6.01 Å². The zero-order valence-corrected chi connectivity index (χ0v) is 14.8. The Morgan fingerprint density at radius 3 is 2.58 bits per heavy atom. The molecule has 4 rings (SSSR count). The molecule has 0 bridgehead atoms. The standard InChI is InChI=1S/C20H22N4O2/c1-25-18-9-5-8-17(14-18)19-21-20(26-22-19)24-12-10-23(11-13-24)15-16-6-3-2-4-7-16/h2-9,14H,10-13,15H2,1H3. The summed E-state index contributed by atoms with van der Waals surface area (Å²) in [6.07, 6.45) is 0. The van der Waals surface area contributed by atoms with Gasteiger partial charge in [0.1, 0.15) is 5.75 Å². The van der Waals surface area contributed by atoms with Gasteiger partial charge in [0.15, 0.2) is 0 Å². The van der Waals surface area contributed by atoms with Crippen LogP contribution in [0.25, 0.3) is 11.4 Å². The second-order valence-corrected chi connectivity index (χ2v) is 6.38. The van der Waals surface area contributed by atoms with Gasteiger partial charge in [-0.2, -0.15) is 4.98 Å². The van der Waals surface area contributed by atoms with Gasteiger partial charge in [-0.15, -0.1) is 0 Å². The van der Waals surface area contributed by atoms with Crippen LogP contribution < -0.4 is 9.64 Å². The second kappa shape index (κ2) is 7.58. The minimum atomic E-state index is 0.585. The van der Waals surface area contributed by atoms with E-state index in [9.17, 15) is 0 Å². The molecule has 134 valence electrons. The molecule has 1 aliphatic rings. The molecule has 0 radical (unpaired) electrons. The van der Waals surface area contributed by atoms with E-state index in [-0.39, 0.29) is 0 Å². The van der Waals surface area contributed by atoms with Crippen LogP contribution in [0.2, 0.25) is 0 Å². The van der Waals surface area contributed by atoms with Crippen LogP contribution >= 0.6 is 0 Å². The van der Waals surface area contributed by atoms with E-state index >= 15 is 0 Å². The Hall–Kier alpha value is -2.86. The third-order valence-electron chi connectivity index (χ3n) is 4.64. The fraction of sp³-hybridized carbons (Fsp3) is 0.300. The van der Waals surface area contributed by atoms with Crippen molar-refractivity contribution < 1.29 is 9.26 Å². The highest BCUT2D eigenvalue weighted by Crippen LogP contribution is 2.24. The average Bonchev–Trinajstić information content (AvgIpc) is 3.20. The number of rotatable bonds is 5. The summed E-state index contributed by atoms with van der Waals surface area (Å²) in [6.45, 7) is 4.70. The lowest BCUT2D eigenvalue weighted by atomic mass is 10.2. The van der Waals surface area contributed by atoms with Crippen molar-refractivity contribution >= 4 is 6.01 Å². The van der Waals surface area contributed by atoms with Crippen LogP contribution in [0.1, 0.15) is 5.56 Å². The smallest absolute Gasteiger partial charge is 0.324 e. The van der Waals surface area contributed by atoms with Gasteiger partial charge < -0.3 is 14.2 Å². The third-order valence-corrected chi connectivity index (χ3v) is 4.64. The molecule has 2 aromatic carbocycles. The van der Waals surface area contributed by atoms with Crippen LogP contribution in [-0.2, 0) is 6.54 Å². The molecular weight excluding hydrogens is 328 g/mol. The summed E-state index contributed by atoms with van der Waals surface area (Å²) in [4.78, 5) is 9.16. The Bertz CT molecular complexity index is 842. The first-order valence-corrected chi connectivity index (χ1v) is 8.81. The molecule has 26 heavy (non-hydrogen) atoms. The zero-order chi connectivity index (χ0) is 17.8. The normalized spacial score (nSPS) is 15.2. The molecule has 3 aromatic rings. The number of aromatic nitrogens is 2. The zero-order valence-electron chi connectivity index (χ0n) is 14.8. The lowest BCUT2D eigenvalue weighted by molar-refractivity contribution is 0.242. The summed E-state index contributed by atoms with van der Waals surface area (Å²) in [5.74, 6) is 1.37. The van der Waals surface area contributed by atoms with Gasteiger partial charge in [0.2, 0.25) is 5.82 Å². The Morgan fingerprint density at radius 1 is 1.00 bits per heavy atom. The molecular formula is C20H22N4O2. The third kappa shape index (κ3) is 3.70. The minimum Gasteiger partial charge on any atom is -0.497 e. The monoisotopic (exact) mass is 350 g/mol. The van der Waals surface area contributed by atoms with E-state index in [2.05, 4.69) is 50.3 Å². The average molecular weight is 350 g/mol. The lowest BCUT2D eigenvalue weighted by Crippen LogP contribution is -2.46. The molecule has 0 N–H and O–H groups in total. The van der Waals surface area contributed by atoms with Crippen molar-refractivity contribution in [3.8, 4) is 17.1 Å². The van der Waals surface area contributed by atoms with E-state index < -0.39 is 0 Å². The van der Waals surface area contributed by atoms with E-state index in [0.717, 1.165) is 44.0 Å². The Labute approximate surface area is 153 Å². The van der Waals surface area contributed by atoms with E-state index in [1.54, 1.807) is 7.11 Å². The Morgan fingerprint density at radius 2 is 1.81 bits per heavy atom. The first-order chi connectivity index (χ1) is 12.8. The summed E-state index contributed by atoms with van der Waals surface area (Å²) >= 11 is 0. The first-order valence-electron chi connectivity index (χ1n) is 8.81. The number of piperazine rings is 1. The highest BCUT2D eigenvalue weighted by molar-refractivity contribution is 5.58. The summed E-state index contributed by atoms with van der Waals surface area (Å²) in [7, 11) is 1.65. The van der Waals surface area contributed by atoms with Crippen LogP contribution in [0.5, 0.6) is 5.75 Å². The number of hydrogen-bond donors (Lipinski definition) is 0. The highest BCUT2D eigenvalue weighted by atomic mass is 16.5. The van der Waals surface area contributed by atoms with Crippen LogP contribution in [-0.4, -0.2) is 48.3 Å². The highest BCUT2D eigenvalue weighted by Gasteiger charge is 2.22. The largest absolute Gasteiger partial charge is 0.497 e. The topological polar surface area (TPSA) is 54.6 Å². The molecule has 1 aliphatic heterocycles. The summed E-state index contributed by atoms with van der Waals surface area (Å²) < 4.78 is 10.7. The van der Waals surface area contributed by atoms with Crippen molar-refractivity contribution in [1.29, 1.82) is 0 Å². The molecule has 1 fully saturated rings. The second-order valence-electron chi connectivity index (χ2n) is 6.38. The van der Waals surface area contributed by atoms with Crippen molar-refractivity contribution in [1.82, 2.24) is 15.0 Å². The number of nitrogens with zero attached hydrogens (tertiary/aromatic N) is 4. The quantitative estimate of drug-likeness (QED) is 0.705. The molecule has 0 saturated carbocycles. The van der Waals surface area contributed by atoms with Crippen molar-refractivity contribution in [3.63, 3.8) is 0 Å². The first kappa shape index (κ1) is 16.6. The molecule has 6 nitrogen and oxygen atoms in total. The van der Waals surface area contributed by atoms with Gasteiger partial charge in [-0.05, 0) is 17.7 Å². The molecule has 0 aliphatic carbocycles. The molecule has 6 heteroatoms. The summed E-state index contributed by atoms with van der Waals surface area (Å²) in [5, 5.41) is 4.13. The molecule has 1 saturated heterocycles. The number of methoxy groups -OCH3 is 1. The van der Waals surface area contributed by atoms with Gasteiger partial charge in [0.05, 0.1) is 7.11 Å². The molecule has 0 unspecified atom stereocenters. The maximum atomic E-state index is 5.49. The van der Waals surface area contributed by atoms with Gasteiger partial charge in [0, 0.05) is 38.3 Å². The van der Waals surface area contributed by atoms with Gasteiger partial charge in [-0.1, -0.05) is 47.6 Å². The number of hydrogen-bond acceptors (Lipinski definition) is 6. The molecule has 0 spiro atoms. The van der Waals surface area contributed by atoms with E-state index in [0.29, 0.717) is 11.8 Å². The van der Waals surface area contributed by atoms with E-state index in [1.165, 1.54) is 5.56 Å². The molecule has 0 atom stereocenters. The molecule has 0 amide bonds. The SMILES string of the molecule is COc1cccc(-c2noc(N3CCN(Cc4ccccc4)CC3)n2)c1. The summed E-state index contributed by atoms with van der Waals surface area (Å²) in [5.41, 5.74) is 2.24. The fourth-order valence-electron chi connectivity index (χ4n) is 3.16. The lowest BCUT2D eigenvalue weighted by Gasteiger charge is -2.33. The van der Waals surface area contributed by atoms with Crippen LogP contribution in [0.15, 0.2) is 59.1 Å². The van der Waals surface area contributed by atoms with Crippen molar-refractivity contribution in [2.75, 3.05) is 38.2 Å². The van der Waals surface area contributed by atoms with Gasteiger partial charge in [0.25, 0.3) is 0 Å². The fourth-order valence-corrected chi connectivity index (χ4v) is 3.16. The predicted molar refractivity (Wildman–Crippen MR) is 100 cm³/mol. The van der Waals surface area contributed by atoms with Crippen LogP contribution in [0.3, 0.4) is 0 Å². The van der Waals surface area contributed by atoms with Crippen molar-refractivity contribution in [2.24, 2.45) is 0 Å². The molecule has 2 heterocycles. The predicted octanol–water partition coefficient (Wildman–Crippen LogP) is 3.07. The van der Waals surface area contributed by atoms with Gasteiger partial charge in [-0.3, -0.25) is 4.90 Å². The van der Waals surface area contributed by atoms with Gasteiger partial charge in [-0.25, -0.2) is 0 Å². The van der Waals surface area contributed by atoms with Crippen molar-refractivity contribution in [2.45, 2.75) is 6.54 Å². The van der Waals surface area contributed by atoms with E-state index in [1.807, 2.05) is 24.3 Å². The number of anilines is 1.